The smallest absolute Gasteiger partial charge is 0.0710 e. The Hall–Kier alpha value is -1.87. The molecule has 0 heterocycles. The van der Waals surface area contributed by atoms with Gasteiger partial charge in [0.05, 0.1) is 6.04 Å². The normalized spacial score (nSPS) is 12.5. The van der Waals surface area contributed by atoms with Crippen LogP contribution in [0.1, 0.15) is 22.7 Å². The van der Waals surface area contributed by atoms with Crippen LogP contribution in [0.2, 0.25) is 5.02 Å². The number of rotatable bonds is 3. The van der Waals surface area contributed by atoms with E-state index in [1.54, 1.807) is 0 Å². The molecular formula is C18H17ClN2. The lowest BCUT2D eigenvalue weighted by atomic mass is 9.96. The highest BCUT2D eigenvalue weighted by molar-refractivity contribution is 6.30. The van der Waals surface area contributed by atoms with E-state index in [9.17, 15) is 0 Å². The van der Waals surface area contributed by atoms with Crippen molar-refractivity contribution in [2.45, 2.75) is 13.0 Å². The second kappa shape index (κ2) is 5.86. The molecule has 0 saturated heterocycles. The van der Waals surface area contributed by atoms with Gasteiger partial charge in [0.2, 0.25) is 0 Å². The molecule has 106 valence electrons. The average Bonchev–Trinajstić information content (AvgIpc) is 2.47. The Morgan fingerprint density at radius 3 is 2.38 bits per heavy atom. The van der Waals surface area contributed by atoms with E-state index in [1.807, 2.05) is 31.2 Å². The molecule has 1 atom stereocenters. The highest BCUT2D eigenvalue weighted by atomic mass is 35.5. The number of aryl methyl sites for hydroxylation is 1. The Kier molecular flexibility index (Phi) is 3.93. The van der Waals surface area contributed by atoms with Gasteiger partial charge >= 0.3 is 0 Å². The van der Waals surface area contributed by atoms with Crippen molar-refractivity contribution < 1.29 is 0 Å². The van der Waals surface area contributed by atoms with Gasteiger partial charge in [-0.1, -0.05) is 54.1 Å². The van der Waals surface area contributed by atoms with Gasteiger partial charge in [0.1, 0.15) is 0 Å². The monoisotopic (exact) mass is 296 g/mol. The summed E-state index contributed by atoms with van der Waals surface area (Å²) in [4.78, 5) is 0. The van der Waals surface area contributed by atoms with E-state index in [-0.39, 0.29) is 6.04 Å². The molecule has 0 radical (unpaired) electrons. The summed E-state index contributed by atoms with van der Waals surface area (Å²) in [6.07, 6.45) is 0. The molecule has 0 aromatic heterocycles. The fraction of sp³-hybridized carbons (Fsp3) is 0.111. The predicted molar refractivity (Wildman–Crippen MR) is 89.3 cm³/mol. The summed E-state index contributed by atoms with van der Waals surface area (Å²) in [5.74, 6) is 5.79. The van der Waals surface area contributed by atoms with E-state index >= 15 is 0 Å². The molecule has 0 aliphatic rings. The van der Waals surface area contributed by atoms with E-state index in [4.69, 9.17) is 17.4 Å². The van der Waals surface area contributed by atoms with Crippen LogP contribution >= 0.6 is 11.6 Å². The first-order valence-corrected chi connectivity index (χ1v) is 7.27. The topological polar surface area (TPSA) is 38.0 Å². The molecule has 0 bridgehead atoms. The number of fused-ring (bicyclic) bond motifs is 1. The second-order valence-electron chi connectivity index (χ2n) is 5.27. The van der Waals surface area contributed by atoms with Gasteiger partial charge in [-0.15, -0.1) is 0 Å². The molecule has 3 heteroatoms. The van der Waals surface area contributed by atoms with Crippen LogP contribution in [0.15, 0.2) is 60.7 Å². The van der Waals surface area contributed by atoms with Crippen molar-refractivity contribution in [1.82, 2.24) is 5.43 Å². The zero-order valence-electron chi connectivity index (χ0n) is 11.8. The lowest BCUT2D eigenvalue weighted by molar-refractivity contribution is 0.637. The average molecular weight is 297 g/mol. The predicted octanol–water partition coefficient (Wildman–Crippen LogP) is 4.35. The van der Waals surface area contributed by atoms with Crippen LogP contribution < -0.4 is 11.3 Å². The molecule has 3 aromatic carbocycles. The molecule has 0 spiro atoms. The molecule has 0 aliphatic heterocycles. The van der Waals surface area contributed by atoms with E-state index in [1.165, 1.54) is 10.8 Å². The lowest BCUT2D eigenvalue weighted by Crippen LogP contribution is -2.28. The molecule has 1 unspecified atom stereocenters. The molecule has 0 amide bonds. The van der Waals surface area contributed by atoms with Crippen molar-refractivity contribution in [3.8, 4) is 0 Å². The van der Waals surface area contributed by atoms with Crippen LogP contribution in [-0.2, 0) is 0 Å². The van der Waals surface area contributed by atoms with Crippen molar-refractivity contribution in [1.29, 1.82) is 0 Å². The molecule has 0 aliphatic carbocycles. The molecule has 2 nitrogen and oxygen atoms in total. The molecule has 21 heavy (non-hydrogen) atoms. The van der Waals surface area contributed by atoms with Gasteiger partial charge in [0.25, 0.3) is 0 Å². The SMILES string of the molecule is Cc1cc(Cl)cc(C(NN)c2ccc3ccccc3c2)c1. The van der Waals surface area contributed by atoms with Crippen molar-refractivity contribution in [2.75, 3.05) is 0 Å². The third-order valence-electron chi connectivity index (χ3n) is 3.67. The summed E-state index contributed by atoms with van der Waals surface area (Å²) in [5, 5.41) is 3.15. The number of hydrogen-bond acceptors (Lipinski definition) is 2. The molecule has 3 rings (SSSR count). The van der Waals surface area contributed by atoms with Crippen LogP contribution in [0, 0.1) is 6.92 Å². The lowest BCUT2D eigenvalue weighted by Gasteiger charge is -2.18. The first-order chi connectivity index (χ1) is 10.2. The van der Waals surface area contributed by atoms with E-state index < -0.39 is 0 Å². The summed E-state index contributed by atoms with van der Waals surface area (Å²) in [7, 11) is 0. The minimum Gasteiger partial charge on any atom is -0.271 e. The van der Waals surface area contributed by atoms with Gasteiger partial charge in [-0.2, -0.15) is 0 Å². The van der Waals surface area contributed by atoms with Gasteiger partial charge in [-0.25, -0.2) is 5.43 Å². The number of halogens is 1. The van der Waals surface area contributed by atoms with Crippen LogP contribution in [0.5, 0.6) is 0 Å². The fourth-order valence-corrected chi connectivity index (χ4v) is 3.00. The minimum atomic E-state index is -0.0768. The number of nitrogens with one attached hydrogen (secondary N) is 1. The molecule has 0 fully saturated rings. The van der Waals surface area contributed by atoms with Gasteiger partial charge in [-0.05, 0) is 52.6 Å². The summed E-state index contributed by atoms with van der Waals surface area (Å²) >= 11 is 6.17. The Morgan fingerprint density at radius 1 is 0.905 bits per heavy atom. The molecular weight excluding hydrogens is 280 g/mol. The van der Waals surface area contributed by atoms with Crippen LogP contribution in [0.25, 0.3) is 10.8 Å². The van der Waals surface area contributed by atoms with Crippen molar-refractivity contribution in [3.05, 3.63) is 82.4 Å². The second-order valence-corrected chi connectivity index (χ2v) is 5.70. The molecule has 3 aromatic rings. The number of hydrazine groups is 1. The van der Waals surface area contributed by atoms with Gasteiger partial charge < -0.3 is 0 Å². The summed E-state index contributed by atoms with van der Waals surface area (Å²) < 4.78 is 0. The Labute approximate surface area is 129 Å². The molecule has 3 N–H and O–H groups in total. The maximum atomic E-state index is 6.17. The summed E-state index contributed by atoms with van der Waals surface area (Å²) in [6, 6.07) is 20.6. The zero-order chi connectivity index (χ0) is 14.8. The zero-order valence-corrected chi connectivity index (χ0v) is 12.6. The van der Waals surface area contributed by atoms with E-state index in [0.717, 1.165) is 21.7 Å². The van der Waals surface area contributed by atoms with Crippen molar-refractivity contribution in [3.63, 3.8) is 0 Å². The number of nitrogens with two attached hydrogens (primary N) is 1. The Balaban J connectivity index is 2.08. The third-order valence-corrected chi connectivity index (χ3v) is 3.89. The first-order valence-electron chi connectivity index (χ1n) is 6.89. The standard InChI is InChI=1S/C18H17ClN2/c1-12-8-16(11-17(19)9-12)18(21-20)15-7-6-13-4-2-3-5-14(13)10-15/h2-11,18,21H,20H2,1H3. The Bertz CT molecular complexity index is 763. The largest absolute Gasteiger partial charge is 0.271 e. The number of benzene rings is 3. The summed E-state index contributed by atoms with van der Waals surface area (Å²) in [6.45, 7) is 2.03. The van der Waals surface area contributed by atoms with E-state index in [0.29, 0.717) is 0 Å². The highest BCUT2D eigenvalue weighted by Crippen LogP contribution is 2.27. The maximum absolute atomic E-state index is 6.17. The third kappa shape index (κ3) is 2.93. The highest BCUT2D eigenvalue weighted by Gasteiger charge is 2.13. The number of hydrogen-bond donors (Lipinski definition) is 2. The first kappa shape index (κ1) is 14.1. The molecule has 0 saturated carbocycles. The quantitative estimate of drug-likeness (QED) is 0.557. The van der Waals surface area contributed by atoms with Gasteiger partial charge in [0, 0.05) is 5.02 Å². The van der Waals surface area contributed by atoms with Crippen LogP contribution in [0.4, 0.5) is 0 Å². The van der Waals surface area contributed by atoms with Crippen molar-refractivity contribution in [2.24, 2.45) is 5.84 Å². The fourth-order valence-electron chi connectivity index (χ4n) is 2.70. The van der Waals surface area contributed by atoms with Crippen LogP contribution in [0.3, 0.4) is 0 Å². The van der Waals surface area contributed by atoms with E-state index in [2.05, 4.69) is 41.8 Å². The minimum absolute atomic E-state index is 0.0768. The van der Waals surface area contributed by atoms with Crippen molar-refractivity contribution >= 4 is 22.4 Å². The summed E-state index contributed by atoms with van der Waals surface area (Å²) in [5.41, 5.74) is 6.21. The van der Waals surface area contributed by atoms with Gasteiger partial charge in [-0.3, -0.25) is 5.84 Å². The van der Waals surface area contributed by atoms with Crippen LogP contribution in [-0.4, -0.2) is 0 Å². The maximum Gasteiger partial charge on any atom is 0.0710 e. The Morgan fingerprint density at radius 2 is 1.67 bits per heavy atom. The van der Waals surface area contributed by atoms with Gasteiger partial charge in [0.15, 0.2) is 0 Å².